The van der Waals surface area contributed by atoms with Crippen LogP contribution in [0.5, 0.6) is 0 Å². The maximum Gasteiger partial charge on any atom is 0.269 e. The fourth-order valence-corrected chi connectivity index (χ4v) is 6.07. The second kappa shape index (κ2) is 7.87. The lowest BCUT2D eigenvalue weighted by Crippen LogP contribution is -2.46. The first-order chi connectivity index (χ1) is 16.5. The minimum atomic E-state index is -0.603. The number of anilines is 1. The third kappa shape index (κ3) is 3.29. The van der Waals surface area contributed by atoms with E-state index in [1.54, 1.807) is 12.1 Å². The molecule has 0 unspecified atom stereocenters. The Morgan fingerprint density at radius 3 is 2.62 bits per heavy atom. The number of carbonyl (C=O) groups excluding carboxylic acids is 1. The van der Waals surface area contributed by atoms with Crippen LogP contribution in [0.15, 0.2) is 41.2 Å². The maximum absolute atomic E-state index is 14.6. The monoisotopic (exact) mass is 462 g/mol. The zero-order valence-electron chi connectivity index (χ0n) is 19.1. The average molecular weight is 463 g/mol. The summed E-state index contributed by atoms with van der Waals surface area (Å²) in [5.41, 5.74) is 1.15. The van der Waals surface area contributed by atoms with Gasteiger partial charge in [0.05, 0.1) is 16.6 Å². The van der Waals surface area contributed by atoms with E-state index in [-0.39, 0.29) is 16.7 Å². The molecule has 2 bridgehead atoms. The molecule has 7 rings (SSSR count). The van der Waals surface area contributed by atoms with E-state index in [2.05, 4.69) is 20.2 Å². The summed E-state index contributed by atoms with van der Waals surface area (Å²) in [5.74, 6) is -0.182. The summed E-state index contributed by atoms with van der Waals surface area (Å²) in [5, 5.41) is 3.10. The van der Waals surface area contributed by atoms with Crippen LogP contribution in [0.1, 0.15) is 42.0 Å². The molecule has 8 nitrogen and oxygen atoms in total. The quantitative estimate of drug-likeness (QED) is 0.578. The molecule has 1 amide bonds. The number of H-pyrrole nitrogens is 1. The summed E-state index contributed by atoms with van der Waals surface area (Å²) in [4.78, 5) is 40.6. The Bertz CT molecular complexity index is 1330. The first-order valence-electron chi connectivity index (χ1n) is 11.9. The molecule has 4 aliphatic rings. The van der Waals surface area contributed by atoms with E-state index in [1.165, 1.54) is 7.05 Å². The number of amides is 1. The number of para-hydroxylation sites is 1. The molecule has 1 aromatic carbocycles. The van der Waals surface area contributed by atoms with Gasteiger partial charge in [-0.05, 0) is 49.9 Å². The molecule has 1 aliphatic carbocycles. The molecule has 5 heterocycles. The Hall–Kier alpha value is -3.33. The topological polar surface area (TPSA) is 94.2 Å². The Morgan fingerprint density at radius 1 is 1.12 bits per heavy atom. The van der Waals surface area contributed by atoms with Crippen molar-refractivity contribution < 1.29 is 9.18 Å². The summed E-state index contributed by atoms with van der Waals surface area (Å²) < 4.78 is 14.6. The molecule has 176 valence electrons. The zero-order chi connectivity index (χ0) is 23.4. The average Bonchev–Trinajstić information content (AvgIpc) is 3.41. The normalized spacial score (nSPS) is 24.9. The summed E-state index contributed by atoms with van der Waals surface area (Å²) >= 11 is 0. The number of halogens is 1. The first-order valence-corrected chi connectivity index (χ1v) is 11.9. The number of rotatable bonds is 4. The van der Waals surface area contributed by atoms with Gasteiger partial charge in [-0.15, -0.1) is 0 Å². The number of benzene rings is 1. The van der Waals surface area contributed by atoms with Gasteiger partial charge in [-0.3, -0.25) is 14.5 Å². The number of aromatic nitrogens is 3. The van der Waals surface area contributed by atoms with E-state index in [9.17, 15) is 14.0 Å². The van der Waals surface area contributed by atoms with Gasteiger partial charge in [0.25, 0.3) is 11.5 Å². The third-order valence-electron chi connectivity index (χ3n) is 7.89. The highest BCUT2D eigenvalue weighted by molar-refractivity contribution is 5.92. The molecule has 34 heavy (non-hydrogen) atoms. The molecular weight excluding hydrogens is 435 g/mol. The molecule has 3 aromatic rings. The fraction of sp³-hybridized carbons (Fsp3) is 0.440. The predicted octanol–water partition coefficient (Wildman–Crippen LogP) is 2.20. The van der Waals surface area contributed by atoms with E-state index < -0.39 is 11.9 Å². The molecule has 3 saturated heterocycles. The van der Waals surface area contributed by atoms with Gasteiger partial charge in [0.1, 0.15) is 11.5 Å². The van der Waals surface area contributed by atoms with Crippen molar-refractivity contribution in [3.63, 3.8) is 0 Å². The smallest absolute Gasteiger partial charge is 0.269 e. The number of fused-ring (bicyclic) bond motifs is 2. The molecule has 4 fully saturated rings. The van der Waals surface area contributed by atoms with Gasteiger partial charge in [0.2, 0.25) is 5.95 Å². The van der Waals surface area contributed by atoms with Crippen LogP contribution >= 0.6 is 0 Å². The van der Waals surface area contributed by atoms with Gasteiger partial charge in [-0.1, -0.05) is 12.1 Å². The van der Waals surface area contributed by atoms with Crippen molar-refractivity contribution in [3.8, 4) is 0 Å². The van der Waals surface area contributed by atoms with E-state index in [0.29, 0.717) is 23.2 Å². The molecule has 0 radical (unpaired) electrons. The number of nitrogens with one attached hydrogen (secondary N) is 2. The molecule has 1 saturated carbocycles. The molecule has 9 heteroatoms. The van der Waals surface area contributed by atoms with Gasteiger partial charge < -0.3 is 15.2 Å². The second-order valence-corrected chi connectivity index (χ2v) is 9.75. The summed E-state index contributed by atoms with van der Waals surface area (Å²) in [6, 6.07) is 11.6. The number of hydrogen-bond donors (Lipinski definition) is 2. The van der Waals surface area contributed by atoms with Crippen LogP contribution in [-0.2, 0) is 5.41 Å². The molecular formula is C25H27FN6O2. The van der Waals surface area contributed by atoms with Crippen LogP contribution in [0.3, 0.4) is 0 Å². The van der Waals surface area contributed by atoms with Gasteiger partial charge in [-0.2, -0.15) is 4.39 Å². The van der Waals surface area contributed by atoms with Crippen molar-refractivity contribution in [1.82, 2.24) is 25.2 Å². The minimum Gasteiger partial charge on any atom is -0.368 e. The SMILES string of the molecule is CNC(=O)c1ccc(N2CCC(N3CC4(c5nc6ccccc6c(=O)[nH]5)CC3C4)CC2)c(F)n1. The van der Waals surface area contributed by atoms with Gasteiger partial charge in [0.15, 0.2) is 0 Å². The van der Waals surface area contributed by atoms with E-state index in [0.717, 1.165) is 56.7 Å². The second-order valence-electron chi connectivity index (χ2n) is 9.75. The van der Waals surface area contributed by atoms with Crippen LogP contribution in [0.25, 0.3) is 10.9 Å². The molecule has 0 spiro atoms. The number of carbonyl (C=O) groups is 1. The van der Waals surface area contributed by atoms with Gasteiger partial charge in [-0.25, -0.2) is 9.97 Å². The van der Waals surface area contributed by atoms with Crippen molar-refractivity contribution in [2.45, 2.75) is 43.2 Å². The fourth-order valence-electron chi connectivity index (χ4n) is 6.07. The number of piperidine rings is 1. The van der Waals surface area contributed by atoms with Crippen LogP contribution in [0.4, 0.5) is 10.1 Å². The highest BCUT2D eigenvalue weighted by Gasteiger charge is 2.59. The molecule has 2 N–H and O–H groups in total. The standard InChI is InChI=1S/C25H27FN6O2/c1-27-23(34)19-6-7-20(21(26)28-19)31-10-8-15(9-11-31)32-14-25(12-16(32)13-25)24-29-18-5-3-2-4-17(18)22(33)30-24/h2-7,15-16H,8-14H2,1H3,(H,27,34)(H,29,30,33). The molecule has 2 aromatic heterocycles. The number of aromatic amines is 1. The van der Waals surface area contributed by atoms with Crippen molar-refractivity contribution in [2.24, 2.45) is 0 Å². The summed E-state index contributed by atoms with van der Waals surface area (Å²) in [6.45, 7) is 2.38. The van der Waals surface area contributed by atoms with Crippen molar-refractivity contribution in [3.05, 3.63) is 64.2 Å². The Morgan fingerprint density at radius 2 is 1.88 bits per heavy atom. The highest BCUT2D eigenvalue weighted by atomic mass is 19.1. The Labute approximate surface area is 196 Å². The molecule has 0 atom stereocenters. The van der Waals surface area contributed by atoms with Gasteiger partial charge >= 0.3 is 0 Å². The number of pyridine rings is 1. The highest BCUT2D eigenvalue weighted by Crippen LogP contribution is 2.53. The predicted molar refractivity (Wildman–Crippen MR) is 127 cm³/mol. The summed E-state index contributed by atoms with van der Waals surface area (Å²) in [6.07, 6.45) is 3.91. The van der Waals surface area contributed by atoms with E-state index in [1.807, 2.05) is 29.2 Å². The van der Waals surface area contributed by atoms with Crippen LogP contribution in [0.2, 0.25) is 0 Å². The number of nitrogens with zero attached hydrogens (tertiary/aromatic N) is 4. The molecule has 3 aliphatic heterocycles. The Balaban J connectivity index is 1.14. The summed E-state index contributed by atoms with van der Waals surface area (Å²) in [7, 11) is 1.50. The Kier molecular flexibility index (Phi) is 4.91. The lowest BCUT2D eigenvalue weighted by Gasteiger charge is -2.40. The maximum atomic E-state index is 14.6. The van der Waals surface area contributed by atoms with Crippen molar-refractivity contribution in [1.29, 1.82) is 0 Å². The lowest BCUT2D eigenvalue weighted by atomic mass is 9.69. The third-order valence-corrected chi connectivity index (χ3v) is 7.89. The van der Waals surface area contributed by atoms with Crippen molar-refractivity contribution in [2.75, 3.05) is 31.6 Å². The van der Waals surface area contributed by atoms with E-state index in [4.69, 9.17) is 4.98 Å². The van der Waals surface area contributed by atoms with Crippen molar-refractivity contribution >= 4 is 22.5 Å². The van der Waals surface area contributed by atoms with Gasteiger partial charge in [0, 0.05) is 44.2 Å². The van der Waals surface area contributed by atoms with Crippen LogP contribution in [0, 0.1) is 5.95 Å². The van der Waals surface area contributed by atoms with Crippen LogP contribution in [-0.4, -0.2) is 64.5 Å². The minimum absolute atomic E-state index is 0.0664. The number of hydrogen-bond acceptors (Lipinski definition) is 6. The zero-order valence-corrected chi connectivity index (χ0v) is 19.1. The lowest BCUT2D eigenvalue weighted by molar-refractivity contribution is 0.0957. The van der Waals surface area contributed by atoms with E-state index >= 15 is 0 Å². The van der Waals surface area contributed by atoms with Crippen LogP contribution < -0.4 is 15.8 Å². The largest absolute Gasteiger partial charge is 0.368 e. The first kappa shape index (κ1) is 21.2.